The van der Waals surface area contributed by atoms with Gasteiger partial charge < -0.3 is 14.6 Å². The minimum Gasteiger partial charge on any atom is -0.497 e. The van der Waals surface area contributed by atoms with Crippen LogP contribution in [-0.4, -0.2) is 51.1 Å². The van der Waals surface area contributed by atoms with E-state index in [0.717, 1.165) is 0 Å². The predicted molar refractivity (Wildman–Crippen MR) is 78.7 cm³/mol. The van der Waals surface area contributed by atoms with Crippen molar-refractivity contribution >= 4 is 16.0 Å². The van der Waals surface area contributed by atoms with Gasteiger partial charge in [0.05, 0.1) is 20.1 Å². The first-order valence-corrected chi connectivity index (χ1v) is 8.29. The van der Waals surface area contributed by atoms with Crippen LogP contribution in [-0.2, 0) is 14.8 Å². The first kappa shape index (κ1) is 16.6. The van der Waals surface area contributed by atoms with Gasteiger partial charge in [-0.2, -0.15) is 4.31 Å². The fourth-order valence-corrected chi connectivity index (χ4v) is 4.18. The minimum atomic E-state index is -3.84. The summed E-state index contributed by atoms with van der Waals surface area (Å²) >= 11 is 0. The van der Waals surface area contributed by atoms with E-state index in [2.05, 4.69) is 0 Å². The number of rotatable bonds is 5. The van der Waals surface area contributed by atoms with Gasteiger partial charge in [-0.05, 0) is 25.0 Å². The van der Waals surface area contributed by atoms with Crippen molar-refractivity contribution in [1.29, 1.82) is 0 Å². The van der Waals surface area contributed by atoms with Gasteiger partial charge in [-0.3, -0.25) is 4.79 Å². The quantitative estimate of drug-likeness (QED) is 0.872. The molecule has 2 rings (SSSR count). The molecule has 1 saturated heterocycles. The average molecular weight is 329 g/mol. The Kier molecular flexibility index (Phi) is 4.92. The van der Waals surface area contributed by atoms with Crippen LogP contribution in [0, 0.1) is 5.92 Å². The summed E-state index contributed by atoms with van der Waals surface area (Å²) in [4.78, 5) is 11.1. The Hall–Kier alpha value is -1.80. The molecule has 1 aromatic carbocycles. The Morgan fingerprint density at radius 2 is 2.05 bits per heavy atom. The van der Waals surface area contributed by atoms with Crippen LogP contribution in [0.4, 0.5) is 0 Å². The number of methoxy groups -OCH3 is 2. The maximum atomic E-state index is 12.8. The average Bonchev–Trinajstić information content (AvgIpc) is 2.54. The molecule has 1 fully saturated rings. The zero-order chi connectivity index (χ0) is 16.3. The van der Waals surface area contributed by atoms with Crippen molar-refractivity contribution in [3.8, 4) is 11.5 Å². The second-order valence-corrected chi connectivity index (χ2v) is 6.96. The van der Waals surface area contributed by atoms with Gasteiger partial charge in [0.15, 0.2) is 0 Å². The molecule has 0 bridgehead atoms. The Bertz CT molecular complexity index is 657. The standard InChI is InChI=1S/C14H19NO6S/c1-20-11-5-6-12(21-2)13(8-11)22(18,19)15-7-3-4-10(9-15)14(16)17/h5-6,8,10H,3-4,7,9H2,1-2H3,(H,16,17)/t10-/m1/s1. The molecular formula is C14H19NO6S. The van der Waals surface area contributed by atoms with E-state index in [9.17, 15) is 13.2 Å². The van der Waals surface area contributed by atoms with Gasteiger partial charge in [0.2, 0.25) is 10.0 Å². The lowest BCUT2D eigenvalue weighted by molar-refractivity contribution is -0.142. The second kappa shape index (κ2) is 6.53. The molecule has 122 valence electrons. The van der Waals surface area contributed by atoms with Crippen molar-refractivity contribution < 1.29 is 27.8 Å². The monoisotopic (exact) mass is 329 g/mol. The van der Waals surface area contributed by atoms with E-state index >= 15 is 0 Å². The van der Waals surface area contributed by atoms with Crippen molar-refractivity contribution in [2.75, 3.05) is 27.3 Å². The molecule has 8 heteroatoms. The SMILES string of the molecule is COc1ccc(OC)c(S(=O)(=O)N2CCC[C@@H](C(=O)O)C2)c1. The highest BCUT2D eigenvalue weighted by Gasteiger charge is 2.35. The number of carbonyl (C=O) groups is 1. The van der Waals surface area contributed by atoms with Gasteiger partial charge in [0.1, 0.15) is 16.4 Å². The Morgan fingerprint density at radius 3 is 2.64 bits per heavy atom. The third-order valence-corrected chi connectivity index (χ3v) is 5.61. The number of aliphatic carboxylic acids is 1. The van der Waals surface area contributed by atoms with Gasteiger partial charge in [-0.15, -0.1) is 0 Å². The second-order valence-electron chi connectivity index (χ2n) is 5.06. The molecule has 1 heterocycles. The molecule has 1 aliphatic heterocycles. The van der Waals surface area contributed by atoms with Gasteiger partial charge in [0, 0.05) is 19.2 Å². The van der Waals surface area contributed by atoms with Gasteiger partial charge >= 0.3 is 5.97 Å². The molecule has 0 aromatic heterocycles. The summed E-state index contributed by atoms with van der Waals surface area (Å²) < 4.78 is 37.0. The number of sulfonamides is 1. The van der Waals surface area contributed by atoms with Crippen LogP contribution >= 0.6 is 0 Å². The van der Waals surface area contributed by atoms with Crippen LogP contribution in [0.3, 0.4) is 0 Å². The molecule has 1 atom stereocenters. The lowest BCUT2D eigenvalue weighted by atomic mass is 10.0. The van der Waals surface area contributed by atoms with Crippen molar-refractivity contribution in [3.05, 3.63) is 18.2 Å². The predicted octanol–water partition coefficient (Wildman–Crippen LogP) is 1.19. The fraction of sp³-hybridized carbons (Fsp3) is 0.500. The van der Waals surface area contributed by atoms with Crippen molar-refractivity contribution in [1.82, 2.24) is 4.31 Å². The largest absolute Gasteiger partial charge is 0.497 e. The van der Waals surface area contributed by atoms with Crippen molar-refractivity contribution in [2.24, 2.45) is 5.92 Å². The number of benzene rings is 1. The highest BCUT2D eigenvalue weighted by Crippen LogP contribution is 2.32. The number of hydrogen-bond donors (Lipinski definition) is 1. The Balaban J connectivity index is 2.39. The summed E-state index contributed by atoms with van der Waals surface area (Å²) in [5, 5.41) is 9.11. The molecule has 22 heavy (non-hydrogen) atoms. The summed E-state index contributed by atoms with van der Waals surface area (Å²) in [6, 6.07) is 4.51. The summed E-state index contributed by atoms with van der Waals surface area (Å²) in [5.74, 6) is -1.05. The van der Waals surface area contributed by atoms with Crippen LogP contribution in [0.2, 0.25) is 0 Å². The lowest BCUT2D eigenvalue weighted by Crippen LogP contribution is -2.42. The van der Waals surface area contributed by atoms with Gasteiger partial charge in [0.25, 0.3) is 0 Å². The van der Waals surface area contributed by atoms with Crippen LogP contribution in [0.1, 0.15) is 12.8 Å². The summed E-state index contributed by atoms with van der Waals surface area (Å²) in [5.41, 5.74) is 0. The van der Waals surface area contributed by atoms with Crippen LogP contribution in [0.15, 0.2) is 23.1 Å². The first-order valence-electron chi connectivity index (χ1n) is 6.85. The Morgan fingerprint density at radius 1 is 1.32 bits per heavy atom. The molecule has 0 amide bonds. The minimum absolute atomic E-state index is 0.0135. The molecule has 0 aliphatic carbocycles. The Labute approximate surface area is 129 Å². The number of carboxylic acids is 1. The summed E-state index contributed by atoms with van der Waals surface area (Å²) in [6.45, 7) is 0.268. The third kappa shape index (κ3) is 3.17. The van der Waals surface area contributed by atoms with Crippen LogP contribution in [0.5, 0.6) is 11.5 Å². The molecule has 1 N–H and O–H groups in total. The highest BCUT2D eigenvalue weighted by atomic mass is 32.2. The normalized spacial score (nSPS) is 19.6. The number of nitrogens with zero attached hydrogens (tertiary/aromatic N) is 1. The van der Waals surface area contributed by atoms with Crippen molar-refractivity contribution in [2.45, 2.75) is 17.7 Å². The van der Waals surface area contributed by atoms with E-state index in [1.807, 2.05) is 0 Å². The fourth-order valence-electron chi connectivity index (χ4n) is 2.49. The smallest absolute Gasteiger partial charge is 0.307 e. The summed E-state index contributed by atoms with van der Waals surface area (Å²) in [7, 11) is -1.01. The number of piperidine rings is 1. The molecule has 0 saturated carbocycles. The van der Waals surface area contributed by atoms with E-state index in [4.69, 9.17) is 14.6 Å². The van der Waals surface area contributed by atoms with E-state index < -0.39 is 21.9 Å². The van der Waals surface area contributed by atoms with E-state index in [0.29, 0.717) is 25.1 Å². The molecule has 7 nitrogen and oxygen atoms in total. The molecule has 0 unspecified atom stereocenters. The number of carboxylic acid groups (broad SMARTS) is 1. The molecular weight excluding hydrogens is 310 g/mol. The van der Waals surface area contributed by atoms with E-state index in [1.165, 1.54) is 30.7 Å². The van der Waals surface area contributed by atoms with Crippen LogP contribution < -0.4 is 9.47 Å². The van der Waals surface area contributed by atoms with Crippen LogP contribution in [0.25, 0.3) is 0 Å². The molecule has 0 radical (unpaired) electrons. The maximum absolute atomic E-state index is 12.8. The maximum Gasteiger partial charge on any atom is 0.307 e. The topological polar surface area (TPSA) is 93.1 Å². The molecule has 0 spiro atoms. The molecule has 1 aliphatic rings. The number of ether oxygens (including phenoxy) is 2. The van der Waals surface area contributed by atoms with Gasteiger partial charge in [-0.25, -0.2) is 8.42 Å². The zero-order valence-corrected chi connectivity index (χ0v) is 13.3. The van der Waals surface area contributed by atoms with E-state index in [1.54, 1.807) is 6.07 Å². The highest BCUT2D eigenvalue weighted by molar-refractivity contribution is 7.89. The van der Waals surface area contributed by atoms with Crippen molar-refractivity contribution in [3.63, 3.8) is 0 Å². The van der Waals surface area contributed by atoms with E-state index in [-0.39, 0.29) is 17.2 Å². The summed E-state index contributed by atoms with van der Waals surface area (Å²) in [6.07, 6.45) is 0.999. The number of hydrogen-bond acceptors (Lipinski definition) is 5. The first-order chi connectivity index (χ1) is 10.4. The lowest BCUT2D eigenvalue weighted by Gasteiger charge is -2.30. The third-order valence-electron chi connectivity index (χ3n) is 3.72. The zero-order valence-electron chi connectivity index (χ0n) is 12.5. The molecule has 1 aromatic rings. The van der Waals surface area contributed by atoms with Gasteiger partial charge in [-0.1, -0.05) is 0 Å².